The van der Waals surface area contributed by atoms with E-state index >= 15 is 0 Å². The molecule has 184 valence electrons. The Hall–Kier alpha value is -3.61. The van der Waals surface area contributed by atoms with Gasteiger partial charge in [-0.2, -0.15) is 0 Å². The second kappa shape index (κ2) is 11.4. The van der Waals surface area contributed by atoms with Gasteiger partial charge in [-0.3, -0.25) is 9.10 Å². The van der Waals surface area contributed by atoms with E-state index < -0.39 is 10.0 Å². The molecule has 36 heavy (non-hydrogen) atoms. The second-order valence-corrected chi connectivity index (χ2v) is 10.9. The van der Waals surface area contributed by atoms with Gasteiger partial charge in [-0.05, 0) is 47.0 Å². The van der Waals surface area contributed by atoms with Crippen molar-refractivity contribution in [3.05, 3.63) is 136 Å². The van der Waals surface area contributed by atoms with Crippen LogP contribution in [0.4, 0.5) is 5.69 Å². The van der Waals surface area contributed by atoms with E-state index in [0.717, 1.165) is 17.4 Å². The van der Waals surface area contributed by atoms with E-state index in [-0.39, 0.29) is 12.5 Å². The zero-order valence-corrected chi connectivity index (χ0v) is 21.5. The molecule has 4 aromatic rings. The number of amides is 1. The maximum absolute atomic E-state index is 13.5. The molecule has 0 spiro atoms. The predicted octanol–water partition coefficient (Wildman–Crippen LogP) is 6.15. The van der Waals surface area contributed by atoms with Crippen LogP contribution in [-0.4, -0.2) is 25.5 Å². The molecule has 0 unspecified atom stereocenters. The molecule has 5 nitrogen and oxygen atoms in total. The molecule has 0 aliphatic carbocycles. The topological polar surface area (TPSA) is 57.7 Å². The smallest absolute Gasteiger partial charge is 0.254 e. The first-order chi connectivity index (χ1) is 17.3. The molecule has 0 saturated heterocycles. The van der Waals surface area contributed by atoms with Crippen LogP contribution in [0.15, 0.2) is 109 Å². The molecule has 7 heteroatoms. The molecule has 0 aromatic heterocycles. The Kier molecular flexibility index (Phi) is 8.08. The number of hydrogen-bond donors (Lipinski definition) is 0. The highest BCUT2D eigenvalue weighted by atomic mass is 35.5. The van der Waals surface area contributed by atoms with Crippen LogP contribution in [0.1, 0.15) is 27.0 Å². The third kappa shape index (κ3) is 6.53. The number of hydrogen-bond acceptors (Lipinski definition) is 3. The Morgan fingerprint density at radius 1 is 0.694 bits per heavy atom. The first kappa shape index (κ1) is 25.5. The lowest BCUT2D eigenvalue weighted by Crippen LogP contribution is -2.31. The van der Waals surface area contributed by atoms with Gasteiger partial charge >= 0.3 is 0 Å². The molecular weight excluding hydrogens is 492 g/mol. The van der Waals surface area contributed by atoms with Crippen molar-refractivity contribution in [2.75, 3.05) is 10.6 Å². The molecule has 0 aliphatic heterocycles. The maximum atomic E-state index is 13.5. The lowest BCUT2D eigenvalue weighted by molar-refractivity contribution is 0.0730. The van der Waals surface area contributed by atoms with Crippen LogP contribution in [0.5, 0.6) is 0 Å². The molecule has 0 heterocycles. The molecule has 1 amide bonds. The van der Waals surface area contributed by atoms with Crippen molar-refractivity contribution < 1.29 is 13.2 Å². The highest BCUT2D eigenvalue weighted by molar-refractivity contribution is 7.92. The zero-order chi connectivity index (χ0) is 25.5. The summed E-state index contributed by atoms with van der Waals surface area (Å²) >= 11 is 6.27. The lowest BCUT2D eigenvalue weighted by atomic mass is 10.1. The van der Waals surface area contributed by atoms with Crippen molar-refractivity contribution in [3.8, 4) is 0 Å². The van der Waals surface area contributed by atoms with Crippen molar-refractivity contribution in [2.45, 2.75) is 19.6 Å². The average Bonchev–Trinajstić information content (AvgIpc) is 2.88. The Bertz CT molecular complexity index is 1370. The van der Waals surface area contributed by atoms with E-state index in [1.165, 1.54) is 4.31 Å². The second-order valence-electron chi connectivity index (χ2n) is 8.54. The van der Waals surface area contributed by atoms with Crippen LogP contribution in [0.25, 0.3) is 0 Å². The fraction of sp³-hybridized carbons (Fsp3) is 0.138. The minimum atomic E-state index is -3.58. The number of halogens is 1. The first-order valence-electron chi connectivity index (χ1n) is 11.5. The molecule has 0 fully saturated rings. The highest BCUT2D eigenvalue weighted by Gasteiger charge is 2.21. The van der Waals surface area contributed by atoms with Gasteiger partial charge in [0.2, 0.25) is 10.0 Å². The van der Waals surface area contributed by atoms with E-state index in [2.05, 4.69) is 0 Å². The number of sulfonamides is 1. The standard InChI is InChI=1S/C29H27ClN2O3S/c1-36(34,35)32(22-26-14-8-9-15-28(26)30)27-18-16-25(17-19-27)29(33)31(20-23-10-4-2-5-11-23)21-24-12-6-3-7-13-24/h2-19H,20-22H2,1H3. The van der Waals surface area contributed by atoms with E-state index in [9.17, 15) is 13.2 Å². The number of carbonyl (C=O) groups is 1. The van der Waals surface area contributed by atoms with Gasteiger partial charge in [-0.1, -0.05) is 90.5 Å². The number of anilines is 1. The monoisotopic (exact) mass is 518 g/mol. The van der Waals surface area contributed by atoms with Crippen LogP contribution >= 0.6 is 11.6 Å². The summed E-state index contributed by atoms with van der Waals surface area (Å²) < 4.78 is 26.5. The Labute approximate surface area is 217 Å². The van der Waals surface area contributed by atoms with Gasteiger partial charge in [0.25, 0.3) is 5.91 Å². The highest BCUT2D eigenvalue weighted by Crippen LogP contribution is 2.25. The number of rotatable bonds is 9. The molecular formula is C29H27ClN2O3S. The van der Waals surface area contributed by atoms with Crippen LogP contribution in [0, 0.1) is 0 Å². The maximum Gasteiger partial charge on any atom is 0.254 e. The lowest BCUT2D eigenvalue weighted by Gasteiger charge is -2.25. The first-order valence-corrected chi connectivity index (χ1v) is 13.7. The van der Waals surface area contributed by atoms with E-state index in [4.69, 9.17) is 11.6 Å². The Morgan fingerprint density at radius 2 is 1.19 bits per heavy atom. The predicted molar refractivity (Wildman–Crippen MR) is 145 cm³/mol. The summed E-state index contributed by atoms with van der Waals surface area (Å²) in [6, 6.07) is 33.5. The number of carbonyl (C=O) groups excluding carboxylic acids is 1. The third-order valence-electron chi connectivity index (χ3n) is 5.79. The number of benzene rings is 4. The Morgan fingerprint density at radius 3 is 1.69 bits per heavy atom. The summed E-state index contributed by atoms with van der Waals surface area (Å²) in [6.07, 6.45) is 1.16. The van der Waals surface area contributed by atoms with Gasteiger partial charge in [0, 0.05) is 23.7 Å². The van der Waals surface area contributed by atoms with Crippen LogP contribution in [-0.2, 0) is 29.7 Å². The summed E-state index contributed by atoms with van der Waals surface area (Å²) in [4.78, 5) is 15.3. The average molecular weight is 519 g/mol. The normalized spacial score (nSPS) is 11.2. The van der Waals surface area contributed by atoms with Gasteiger partial charge in [-0.15, -0.1) is 0 Å². The summed E-state index contributed by atoms with van der Waals surface area (Å²) in [7, 11) is -3.58. The van der Waals surface area contributed by atoms with Gasteiger partial charge < -0.3 is 4.90 Å². The molecule has 0 radical (unpaired) electrons. The van der Waals surface area contributed by atoms with Gasteiger partial charge in [0.15, 0.2) is 0 Å². The zero-order valence-electron chi connectivity index (χ0n) is 19.9. The van der Waals surface area contributed by atoms with Gasteiger partial charge in [0.05, 0.1) is 18.5 Å². The fourth-order valence-corrected chi connectivity index (χ4v) is 5.02. The SMILES string of the molecule is CS(=O)(=O)N(Cc1ccccc1Cl)c1ccc(C(=O)N(Cc2ccccc2)Cc2ccccc2)cc1. The van der Waals surface area contributed by atoms with Crippen molar-refractivity contribution in [3.63, 3.8) is 0 Å². The van der Waals surface area contributed by atoms with Gasteiger partial charge in [0.1, 0.15) is 0 Å². The Balaban J connectivity index is 1.60. The molecule has 0 aliphatic rings. The number of nitrogens with zero attached hydrogens (tertiary/aromatic N) is 2. The minimum Gasteiger partial charge on any atom is -0.330 e. The summed E-state index contributed by atoms with van der Waals surface area (Å²) in [5.74, 6) is -0.133. The quantitative estimate of drug-likeness (QED) is 0.267. The fourth-order valence-electron chi connectivity index (χ4n) is 3.94. The molecule has 0 N–H and O–H groups in total. The van der Waals surface area contributed by atoms with E-state index in [1.54, 1.807) is 47.4 Å². The summed E-state index contributed by atoms with van der Waals surface area (Å²) in [6.45, 7) is 1.01. The van der Waals surface area contributed by atoms with Crippen molar-refractivity contribution in [1.82, 2.24) is 4.90 Å². The molecule has 4 rings (SSSR count). The van der Waals surface area contributed by atoms with Crippen molar-refractivity contribution >= 4 is 33.2 Å². The van der Waals surface area contributed by atoms with Crippen molar-refractivity contribution in [1.29, 1.82) is 0 Å². The van der Waals surface area contributed by atoms with E-state index in [0.29, 0.717) is 34.9 Å². The molecule has 0 saturated carbocycles. The molecule has 4 aromatic carbocycles. The molecule has 0 bridgehead atoms. The summed E-state index contributed by atoms with van der Waals surface area (Å²) in [5, 5.41) is 0.496. The van der Waals surface area contributed by atoms with Crippen LogP contribution in [0.3, 0.4) is 0 Å². The minimum absolute atomic E-state index is 0.0972. The van der Waals surface area contributed by atoms with Crippen LogP contribution < -0.4 is 4.31 Å². The third-order valence-corrected chi connectivity index (χ3v) is 7.30. The van der Waals surface area contributed by atoms with Gasteiger partial charge in [-0.25, -0.2) is 8.42 Å². The summed E-state index contributed by atoms with van der Waals surface area (Å²) in [5.41, 5.74) is 3.70. The van der Waals surface area contributed by atoms with Crippen molar-refractivity contribution in [2.24, 2.45) is 0 Å². The largest absolute Gasteiger partial charge is 0.330 e. The van der Waals surface area contributed by atoms with E-state index in [1.807, 2.05) is 66.7 Å². The molecule has 0 atom stereocenters. The van der Waals surface area contributed by atoms with Crippen LogP contribution in [0.2, 0.25) is 5.02 Å².